The number of methoxy groups -OCH3 is 1. The summed E-state index contributed by atoms with van der Waals surface area (Å²) in [5.41, 5.74) is 7.11. The van der Waals surface area contributed by atoms with Gasteiger partial charge < -0.3 is 10.5 Å². The molecular weight excluding hydrogens is 386 g/mol. The van der Waals surface area contributed by atoms with Gasteiger partial charge >= 0.3 is 0 Å². The van der Waals surface area contributed by atoms with Crippen molar-refractivity contribution in [2.24, 2.45) is 46.3 Å². The van der Waals surface area contributed by atoms with E-state index < -0.39 is 0 Å². The molecule has 1 heterocycles. The van der Waals surface area contributed by atoms with Crippen molar-refractivity contribution in [3.8, 4) is 0 Å². The Hall–Kier alpha value is -1.36. The minimum atomic E-state index is 0.174. The van der Waals surface area contributed by atoms with E-state index in [0.717, 1.165) is 42.6 Å². The molecule has 0 amide bonds. The molecule has 0 aromatic carbocycles. The number of hydrogen-bond acceptors (Lipinski definition) is 4. The summed E-state index contributed by atoms with van der Waals surface area (Å²) < 4.78 is 7.23. The number of carbonyl (C=O) groups excluding carboxylic acids is 1. The van der Waals surface area contributed by atoms with Gasteiger partial charge in [0.05, 0.1) is 18.4 Å². The van der Waals surface area contributed by atoms with Crippen molar-refractivity contribution in [3.63, 3.8) is 0 Å². The third-order valence-corrected chi connectivity index (χ3v) is 10.5. The second-order valence-corrected chi connectivity index (χ2v) is 11.9. The highest BCUT2D eigenvalue weighted by Crippen LogP contribution is 2.67. The quantitative estimate of drug-likeness (QED) is 0.721. The molecule has 4 aliphatic rings. The molecular formula is C26H41N3O2. The minimum absolute atomic E-state index is 0.174. The molecule has 5 heteroatoms. The van der Waals surface area contributed by atoms with Crippen LogP contribution in [-0.4, -0.2) is 29.3 Å². The predicted octanol–water partition coefficient (Wildman–Crippen LogP) is 4.96. The van der Waals surface area contributed by atoms with E-state index in [2.05, 4.69) is 18.9 Å². The highest BCUT2D eigenvalue weighted by molar-refractivity contribution is 5.82. The summed E-state index contributed by atoms with van der Waals surface area (Å²) in [5.74, 6) is 4.58. The zero-order valence-corrected chi connectivity index (χ0v) is 19.7. The molecule has 4 aliphatic carbocycles. The Morgan fingerprint density at radius 3 is 2.65 bits per heavy atom. The van der Waals surface area contributed by atoms with Crippen LogP contribution in [0.25, 0.3) is 0 Å². The van der Waals surface area contributed by atoms with Crippen molar-refractivity contribution in [2.75, 3.05) is 19.5 Å². The van der Waals surface area contributed by atoms with Gasteiger partial charge in [-0.15, -0.1) is 0 Å². The van der Waals surface area contributed by atoms with E-state index in [1.165, 1.54) is 51.4 Å². The van der Waals surface area contributed by atoms with Gasteiger partial charge in [0.1, 0.15) is 0 Å². The Labute approximate surface area is 187 Å². The van der Waals surface area contributed by atoms with E-state index in [1.54, 1.807) is 17.1 Å². The summed E-state index contributed by atoms with van der Waals surface area (Å²) in [6.07, 6.45) is 15.1. The van der Waals surface area contributed by atoms with Gasteiger partial charge in [0, 0.05) is 25.8 Å². The topological polar surface area (TPSA) is 70.1 Å². The number of nitrogen functional groups attached to an aromatic ring is 1. The van der Waals surface area contributed by atoms with Gasteiger partial charge in [0.2, 0.25) is 0 Å². The third-order valence-electron chi connectivity index (χ3n) is 10.5. The normalized spacial score (nSPS) is 44.4. The van der Waals surface area contributed by atoms with Gasteiger partial charge in [-0.1, -0.05) is 13.8 Å². The lowest BCUT2D eigenvalue weighted by atomic mass is 9.44. The molecule has 172 valence electrons. The standard InChI is InChI=1S/C26H41N3O2/c1-25-10-8-17(16-31-3)12-18(25)4-5-20-21-6-7-23(26(21,2)11-9-22(20)25)24(30)15-29-14-19(27)13-28-29/h13-14,17-18,20-23H,4-12,15-16,27H2,1-3H3/t17?,18?,20-,21?,22?,23+,25-,26?/m0/s1. The van der Waals surface area contributed by atoms with Gasteiger partial charge in [-0.2, -0.15) is 5.10 Å². The zero-order valence-electron chi connectivity index (χ0n) is 19.7. The molecule has 0 bridgehead atoms. The van der Waals surface area contributed by atoms with Crippen molar-refractivity contribution < 1.29 is 9.53 Å². The first-order valence-corrected chi connectivity index (χ1v) is 12.6. The first-order valence-electron chi connectivity index (χ1n) is 12.6. The number of rotatable bonds is 5. The number of carbonyl (C=O) groups is 1. The number of ketones is 1. The largest absolute Gasteiger partial charge is 0.396 e. The fourth-order valence-electron chi connectivity index (χ4n) is 9.00. The third kappa shape index (κ3) is 3.46. The molecule has 0 radical (unpaired) electrons. The van der Waals surface area contributed by atoms with E-state index in [1.807, 2.05) is 7.11 Å². The predicted molar refractivity (Wildman–Crippen MR) is 122 cm³/mol. The van der Waals surface area contributed by atoms with Crippen molar-refractivity contribution in [2.45, 2.75) is 78.2 Å². The fourth-order valence-corrected chi connectivity index (χ4v) is 9.00. The lowest BCUT2D eigenvalue weighted by molar-refractivity contribution is -0.138. The highest BCUT2D eigenvalue weighted by atomic mass is 16.5. The Morgan fingerprint density at radius 2 is 1.90 bits per heavy atom. The average Bonchev–Trinajstić information content (AvgIpc) is 3.30. The van der Waals surface area contributed by atoms with Gasteiger partial charge in [-0.3, -0.25) is 9.48 Å². The summed E-state index contributed by atoms with van der Waals surface area (Å²) in [6.45, 7) is 6.39. The maximum Gasteiger partial charge on any atom is 0.157 e. The maximum absolute atomic E-state index is 13.3. The number of Topliss-reactive ketones (excluding diaryl/α,β-unsaturated/α-hetero) is 1. The number of aromatic nitrogens is 2. The first-order chi connectivity index (χ1) is 14.8. The van der Waals surface area contributed by atoms with Crippen LogP contribution in [0.5, 0.6) is 0 Å². The maximum atomic E-state index is 13.3. The summed E-state index contributed by atoms with van der Waals surface area (Å²) in [4.78, 5) is 13.3. The summed E-state index contributed by atoms with van der Waals surface area (Å²) >= 11 is 0. The average molecular weight is 428 g/mol. The van der Waals surface area contributed by atoms with Crippen molar-refractivity contribution in [1.29, 1.82) is 0 Å². The highest BCUT2D eigenvalue weighted by Gasteiger charge is 2.61. The van der Waals surface area contributed by atoms with Gasteiger partial charge in [0.25, 0.3) is 0 Å². The van der Waals surface area contributed by atoms with Crippen LogP contribution in [0.15, 0.2) is 12.4 Å². The van der Waals surface area contributed by atoms with E-state index in [4.69, 9.17) is 10.5 Å². The smallest absolute Gasteiger partial charge is 0.157 e. The molecule has 0 saturated heterocycles. The number of fused-ring (bicyclic) bond motifs is 5. The van der Waals surface area contributed by atoms with Crippen molar-refractivity contribution >= 4 is 11.5 Å². The van der Waals surface area contributed by atoms with E-state index in [-0.39, 0.29) is 11.3 Å². The van der Waals surface area contributed by atoms with Gasteiger partial charge in [-0.05, 0) is 98.2 Å². The monoisotopic (exact) mass is 427 g/mol. The molecule has 31 heavy (non-hydrogen) atoms. The summed E-state index contributed by atoms with van der Waals surface area (Å²) in [5, 5.41) is 4.25. The molecule has 1 aromatic heterocycles. The fraction of sp³-hybridized carbons (Fsp3) is 0.846. The van der Waals surface area contributed by atoms with Gasteiger partial charge in [0.15, 0.2) is 5.78 Å². The summed E-state index contributed by atoms with van der Waals surface area (Å²) in [6, 6.07) is 0. The van der Waals surface area contributed by atoms with Crippen LogP contribution in [0, 0.1) is 46.3 Å². The van der Waals surface area contributed by atoms with Crippen LogP contribution in [0.1, 0.15) is 71.6 Å². The molecule has 1 aromatic rings. The lowest BCUT2D eigenvalue weighted by Gasteiger charge is -2.61. The lowest BCUT2D eigenvalue weighted by Crippen LogP contribution is -2.54. The molecule has 5 unspecified atom stereocenters. The number of ether oxygens (including phenoxy) is 1. The molecule has 0 spiro atoms. The molecule has 2 N–H and O–H groups in total. The van der Waals surface area contributed by atoms with Crippen molar-refractivity contribution in [3.05, 3.63) is 12.4 Å². The van der Waals surface area contributed by atoms with Crippen molar-refractivity contribution in [1.82, 2.24) is 9.78 Å². The molecule has 5 nitrogen and oxygen atoms in total. The Morgan fingerprint density at radius 1 is 1.13 bits per heavy atom. The van der Waals surface area contributed by atoms with Gasteiger partial charge in [-0.25, -0.2) is 0 Å². The zero-order chi connectivity index (χ0) is 21.8. The SMILES string of the molecule is COCC1CC[C@@]2(C)C(CC[C@H]3C4CC[C@H](C(=O)Cn5cc(N)cn5)C4(C)CCC32)C1. The number of nitrogens with two attached hydrogens (primary N) is 1. The second-order valence-electron chi connectivity index (χ2n) is 11.9. The molecule has 4 fully saturated rings. The minimum Gasteiger partial charge on any atom is -0.396 e. The first kappa shape index (κ1) is 21.5. The molecule has 4 saturated carbocycles. The van der Waals surface area contributed by atoms with E-state index >= 15 is 0 Å². The summed E-state index contributed by atoms with van der Waals surface area (Å²) in [7, 11) is 1.85. The van der Waals surface area contributed by atoms with Crippen LogP contribution >= 0.6 is 0 Å². The van der Waals surface area contributed by atoms with Crippen LogP contribution in [0.3, 0.4) is 0 Å². The van der Waals surface area contributed by atoms with Crippen LogP contribution < -0.4 is 5.73 Å². The second kappa shape index (κ2) is 7.90. The molecule has 5 rings (SSSR count). The Kier molecular flexibility index (Phi) is 5.47. The number of hydrogen-bond donors (Lipinski definition) is 1. The number of anilines is 1. The van der Waals surface area contributed by atoms with Crippen LogP contribution in [-0.2, 0) is 16.1 Å². The molecule has 0 aliphatic heterocycles. The van der Waals surface area contributed by atoms with Crippen LogP contribution in [0.2, 0.25) is 0 Å². The molecule has 8 atom stereocenters. The van der Waals surface area contributed by atoms with E-state index in [0.29, 0.717) is 23.4 Å². The van der Waals surface area contributed by atoms with E-state index in [9.17, 15) is 4.79 Å². The Bertz CT molecular complexity index is 821. The Balaban J connectivity index is 1.31. The number of nitrogens with zero attached hydrogens (tertiary/aromatic N) is 2. The van der Waals surface area contributed by atoms with Crippen LogP contribution in [0.4, 0.5) is 5.69 Å².